The van der Waals surface area contributed by atoms with Crippen molar-refractivity contribution in [3.63, 3.8) is 0 Å². The number of rotatable bonds is 2. The number of hydrogen-bond donors (Lipinski definition) is 1. The van der Waals surface area contributed by atoms with Gasteiger partial charge in [0.05, 0.1) is 11.6 Å². The standard InChI is InChI=1S/C15H19N3O2/c1-15(2)8-4-5-10(9-15)18-13-11(14(19)20)6-3-7-12(13)16-17-18/h3,6-7,10H,4-5,8-9H2,1-2H3,(H,19,20). The number of para-hydroxylation sites is 1. The van der Waals surface area contributed by atoms with Crippen LogP contribution < -0.4 is 0 Å². The zero-order valence-electron chi connectivity index (χ0n) is 11.8. The molecular formula is C15H19N3O2. The van der Waals surface area contributed by atoms with Crippen molar-refractivity contribution in [1.82, 2.24) is 15.0 Å². The van der Waals surface area contributed by atoms with Gasteiger partial charge in [-0.05, 0) is 36.8 Å². The van der Waals surface area contributed by atoms with Gasteiger partial charge >= 0.3 is 5.97 Å². The van der Waals surface area contributed by atoms with Crippen molar-refractivity contribution in [2.45, 2.75) is 45.6 Å². The van der Waals surface area contributed by atoms with E-state index in [0.717, 1.165) is 19.3 Å². The second kappa shape index (κ2) is 4.58. The second-order valence-electron chi connectivity index (χ2n) is 6.43. The molecule has 0 amide bonds. The van der Waals surface area contributed by atoms with Crippen molar-refractivity contribution in [3.8, 4) is 0 Å². The van der Waals surface area contributed by atoms with Crippen molar-refractivity contribution in [2.75, 3.05) is 0 Å². The number of aromatic nitrogens is 3. The predicted molar refractivity (Wildman–Crippen MR) is 75.8 cm³/mol. The van der Waals surface area contributed by atoms with Gasteiger partial charge in [-0.1, -0.05) is 31.5 Å². The molecule has 1 N–H and O–H groups in total. The molecule has 1 unspecified atom stereocenters. The maximum atomic E-state index is 11.4. The molecule has 5 nitrogen and oxygen atoms in total. The highest BCUT2D eigenvalue weighted by Gasteiger charge is 2.31. The smallest absolute Gasteiger partial charge is 0.337 e. The van der Waals surface area contributed by atoms with Gasteiger partial charge in [-0.3, -0.25) is 0 Å². The molecule has 1 aromatic heterocycles. The van der Waals surface area contributed by atoms with Crippen molar-refractivity contribution in [1.29, 1.82) is 0 Å². The van der Waals surface area contributed by atoms with E-state index < -0.39 is 5.97 Å². The summed E-state index contributed by atoms with van der Waals surface area (Å²) in [6.45, 7) is 4.52. The fourth-order valence-electron chi connectivity index (χ4n) is 3.29. The van der Waals surface area contributed by atoms with E-state index in [-0.39, 0.29) is 17.0 Å². The quantitative estimate of drug-likeness (QED) is 0.911. The van der Waals surface area contributed by atoms with E-state index in [1.165, 1.54) is 6.42 Å². The monoisotopic (exact) mass is 273 g/mol. The molecule has 1 saturated carbocycles. The Morgan fingerprint density at radius 1 is 1.45 bits per heavy atom. The number of carboxylic acid groups (broad SMARTS) is 1. The van der Waals surface area contributed by atoms with Crippen LogP contribution in [0, 0.1) is 5.41 Å². The number of aromatic carboxylic acids is 1. The lowest BCUT2D eigenvalue weighted by molar-refractivity contribution is 0.0698. The van der Waals surface area contributed by atoms with Gasteiger partial charge in [0.2, 0.25) is 0 Å². The van der Waals surface area contributed by atoms with Crippen LogP contribution in [0.15, 0.2) is 18.2 Å². The minimum Gasteiger partial charge on any atom is -0.478 e. The fraction of sp³-hybridized carbons (Fsp3) is 0.533. The summed E-state index contributed by atoms with van der Waals surface area (Å²) in [4.78, 5) is 11.4. The van der Waals surface area contributed by atoms with E-state index in [1.807, 2.05) is 10.7 Å². The Morgan fingerprint density at radius 2 is 2.25 bits per heavy atom. The first-order valence-electron chi connectivity index (χ1n) is 7.05. The number of benzene rings is 1. The third kappa shape index (κ3) is 2.17. The summed E-state index contributed by atoms with van der Waals surface area (Å²) in [5, 5.41) is 17.7. The summed E-state index contributed by atoms with van der Waals surface area (Å²) in [7, 11) is 0. The van der Waals surface area contributed by atoms with Crippen LogP contribution >= 0.6 is 0 Å². The lowest BCUT2D eigenvalue weighted by atomic mass is 9.75. The molecule has 3 rings (SSSR count). The molecule has 0 bridgehead atoms. The highest BCUT2D eigenvalue weighted by atomic mass is 16.4. The number of carbonyl (C=O) groups is 1. The first kappa shape index (κ1) is 13.1. The van der Waals surface area contributed by atoms with Gasteiger partial charge in [0.15, 0.2) is 0 Å². The number of carboxylic acids is 1. The van der Waals surface area contributed by atoms with Gasteiger partial charge in [-0.25, -0.2) is 9.48 Å². The summed E-state index contributed by atoms with van der Waals surface area (Å²) in [6.07, 6.45) is 4.41. The number of hydrogen-bond acceptors (Lipinski definition) is 3. The van der Waals surface area contributed by atoms with Gasteiger partial charge in [-0.15, -0.1) is 5.10 Å². The SMILES string of the molecule is CC1(C)CCCC(n2nnc3cccc(C(=O)O)c32)C1. The molecular weight excluding hydrogens is 254 g/mol. The third-order valence-electron chi connectivity index (χ3n) is 4.25. The van der Waals surface area contributed by atoms with Gasteiger partial charge in [0.25, 0.3) is 0 Å². The fourth-order valence-corrected chi connectivity index (χ4v) is 3.29. The Labute approximate surface area is 117 Å². The van der Waals surface area contributed by atoms with Gasteiger partial charge in [-0.2, -0.15) is 0 Å². The molecule has 1 heterocycles. The lowest BCUT2D eigenvalue weighted by Crippen LogP contribution is -2.26. The number of nitrogens with zero attached hydrogens (tertiary/aromatic N) is 3. The summed E-state index contributed by atoms with van der Waals surface area (Å²) < 4.78 is 1.83. The zero-order chi connectivity index (χ0) is 14.3. The molecule has 20 heavy (non-hydrogen) atoms. The van der Waals surface area contributed by atoms with E-state index in [2.05, 4.69) is 24.2 Å². The van der Waals surface area contributed by atoms with Crippen LogP contribution in [0.1, 0.15) is 55.9 Å². The molecule has 5 heteroatoms. The Kier molecular flexibility index (Phi) is 3.00. The molecule has 1 fully saturated rings. The van der Waals surface area contributed by atoms with E-state index >= 15 is 0 Å². The average molecular weight is 273 g/mol. The van der Waals surface area contributed by atoms with Crippen molar-refractivity contribution in [3.05, 3.63) is 23.8 Å². The molecule has 0 spiro atoms. The molecule has 106 valence electrons. The molecule has 1 aliphatic carbocycles. The molecule has 1 aliphatic rings. The highest BCUT2D eigenvalue weighted by Crippen LogP contribution is 2.41. The van der Waals surface area contributed by atoms with Crippen molar-refractivity contribution < 1.29 is 9.90 Å². The number of fused-ring (bicyclic) bond motifs is 1. The Bertz CT molecular complexity index is 660. The second-order valence-corrected chi connectivity index (χ2v) is 6.43. The first-order valence-corrected chi connectivity index (χ1v) is 7.05. The van der Waals surface area contributed by atoms with E-state index in [4.69, 9.17) is 0 Å². The van der Waals surface area contributed by atoms with Gasteiger partial charge < -0.3 is 5.11 Å². The minimum absolute atomic E-state index is 0.240. The van der Waals surface area contributed by atoms with Crippen LogP contribution in [0.5, 0.6) is 0 Å². The van der Waals surface area contributed by atoms with Crippen molar-refractivity contribution in [2.24, 2.45) is 5.41 Å². The van der Waals surface area contributed by atoms with E-state index in [0.29, 0.717) is 11.0 Å². The Morgan fingerprint density at radius 3 is 2.95 bits per heavy atom. The van der Waals surface area contributed by atoms with Crippen molar-refractivity contribution >= 4 is 17.0 Å². The van der Waals surface area contributed by atoms with E-state index in [9.17, 15) is 9.90 Å². The Balaban J connectivity index is 2.10. The largest absolute Gasteiger partial charge is 0.478 e. The predicted octanol–water partition coefficient (Wildman–Crippen LogP) is 3.27. The third-order valence-corrected chi connectivity index (χ3v) is 4.25. The topological polar surface area (TPSA) is 68.0 Å². The molecule has 1 aromatic carbocycles. The zero-order valence-corrected chi connectivity index (χ0v) is 11.8. The normalized spacial score (nSPS) is 22.0. The maximum absolute atomic E-state index is 11.4. The van der Waals surface area contributed by atoms with E-state index in [1.54, 1.807) is 12.1 Å². The average Bonchev–Trinajstić information content (AvgIpc) is 2.80. The highest BCUT2D eigenvalue weighted by molar-refractivity contribution is 6.00. The molecule has 2 aromatic rings. The van der Waals surface area contributed by atoms with Crippen LogP contribution in [0.25, 0.3) is 11.0 Å². The first-order chi connectivity index (χ1) is 9.48. The molecule has 1 atom stereocenters. The maximum Gasteiger partial charge on any atom is 0.337 e. The summed E-state index contributed by atoms with van der Waals surface area (Å²) in [5.74, 6) is -0.922. The molecule has 0 aliphatic heterocycles. The lowest BCUT2D eigenvalue weighted by Gasteiger charge is -2.35. The van der Waals surface area contributed by atoms with Crippen LogP contribution in [-0.4, -0.2) is 26.1 Å². The molecule has 0 radical (unpaired) electrons. The summed E-state index contributed by atoms with van der Waals surface area (Å²) in [5.41, 5.74) is 1.88. The van der Waals surface area contributed by atoms with Crippen LogP contribution in [-0.2, 0) is 0 Å². The summed E-state index contributed by atoms with van der Waals surface area (Å²) >= 11 is 0. The minimum atomic E-state index is -0.922. The molecule has 0 saturated heterocycles. The van der Waals surface area contributed by atoms with Crippen LogP contribution in [0.4, 0.5) is 0 Å². The summed E-state index contributed by atoms with van der Waals surface area (Å²) in [6, 6.07) is 5.40. The van der Waals surface area contributed by atoms with Crippen LogP contribution in [0.2, 0.25) is 0 Å². The Hall–Kier alpha value is -1.91. The van der Waals surface area contributed by atoms with Gasteiger partial charge in [0.1, 0.15) is 11.0 Å². The van der Waals surface area contributed by atoms with Crippen LogP contribution in [0.3, 0.4) is 0 Å². The van der Waals surface area contributed by atoms with Gasteiger partial charge in [0, 0.05) is 0 Å².